The van der Waals surface area contributed by atoms with Crippen molar-refractivity contribution in [2.45, 2.75) is 6.92 Å². The predicted octanol–water partition coefficient (Wildman–Crippen LogP) is 2.84. The lowest BCUT2D eigenvalue weighted by Gasteiger charge is -2.21. The Morgan fingerprint density at radius 2 is 2.29 bits per heavy atom. The third kappa shape index (κ3) is 3.08. The molecule has 0 aromatic heterocycles. The molecular formula is C11H12ClN3O2. The first-order chi connectivity index (χ1) is 7.97. The second-order valence-electron chi connectivity index (χ2n) is 3.78. The highest BCUT2D eigenvalue weighted by Crippen LogP contribution is 2.34. The Morgan fingerprint density at radius 3 is 2.82 bits per heavy atom. The predicted molar refractivity (Wildman–Crippen MR) is 66.2 cm³/mol. The number of para-hydroxylation sites is 1. The van der Waals surface area contributed by atoms with Gasteiger partial charge in [-0.05, 0) is 13.0 Å². The van der Waals surface area contributed by atoms with Crippen LogP contribution >= 0.6 is 11.6 Å². The van der Waals surface area contributed by atoms with Crippen molar-refractivity contribution >= 4 is 23.0 Å². The third-order valence-corrected chi connectivity index (χ3v) is 2.62. The van der Waals surface area contributed by atoms with Crippen LogP contribution in [0.5, 0.6) is 0 Å². The van der Waals surface area contributed by atoms with Gasteiger partial charge in [0.25, 0.3) is 5.69 Å². The van der Waals surface area contributed by atoms with Crippen molar-refractivity contribution < 1.29 is 4.92 Å². The van der Waals surface area contributed by atoms with E-state index in [1.54, 1.807) is 24.9 Å². The van der Waals surface area contributed by atoms with Crippen LogP contribution in [0.25, 0.3) is 0 Å². The van der Waals surface area contributed by atoms with Crippen molar-refractivity contribution in [2.24, 2.45) is 5.92 Å². The summed E-state index contributed by atoms with van der Waals surface area (Å²) < 4.78 is 0. The molecule has 0 N–H and O–H groups in total. The second kappa shape index (κ2) is 5.51. The number of nitrogens with zero attached hydrogens (tertiary/aromatic N) is 3. The maximum absolute atomic E-state index is 10.9. The Hall–Kier alpha value is -1.80. The molecule has 1 atom stereocenters. The first kappa shape index (κ1) is 13.3. The molecule has 1 aromatic rings. The fourth-order valence-corrected chi connectivity index (χ4v) is 1.89. The summed E-state index contributed by atoms with van der Waals surface area (Å²) in [4.78, 5) is 12.0. The van der Waals surface area contributed by atoms with Crippen LogP contribution in [-0.4, -0.2) is 18.5 Å². The van der Waals surface area contributed by atoms with Crippen molar-refractivity contribution in [3.05, 3.63) is 33.3 Å². The summed E-state index contributed by atoms with van der Waals surface area (Å²) in [5.41, 5.74) is 0.298. The molecule has 0 radical (unpaired) electrons. The third-order valence-electron chi connectivity index (χ3n) is 2.31. The summed E-state index contributed by atoms with van der Waals surface area (Å²) in [5, 5.41) is 19.9. The van der Waals surface area contributed by atoms with Gasteiger partial charge >= 0.3 is 0 Å². The summed E-state index contributed by atoms with van der Waals surface area (Å²) in [7, 11) is 1.68. The van der Waals surface area contributed by atoms with Gasteiger partial charge in [-0.25, -0.2) is 0 Å². The molecule has 0 aliphatic heterocycles. The van der Waals surface area contributed by atoms with Gasteiger partial charge in [-0.15, -0.1) is 0 Å². The SMILES string of the molecule is CC(C#N)CN(C)c1c(Cl)cccc1[N+](=O)[O-]. The number of rotatable bonds is 4. The summed E-state index contributed by atoms with van der Waals surface area (Å²) in [5.74, 6) is -0.226. The molecule has 5 nitrogen and oxygen atoms in total. The van der Waals surface area contributed by atoms with Crippen LogP contribution in [0.2, 0.25) is 5.02 Å². The zero-order valence-electron chi connectivity index (χ0n) is 9.55. The summed E-state index contributed by atoms with van der Waals surface area (Å²) >= 11 is 5.97. The highest BCUT2D eigenvalue weighted by molar-refractivity contribution is 6.33. The van der Waals surface area contributed by atoms with E-state index < -0.39 is 4.92 Å². The number of hydrogen-bond acceptors (Lipinski definition) is 4. The van der Waals surface area contributed by atoms with Crippen LogP contribution in [0.1, 0.15) is 6.92 Å². The Morgan fingerprint density at radius 1 is 1.65 bits per heavy atom. The van der Waals surface area contributed by atoms with Crippen LogP contribution in [0.15, 0.2) is 18.2 Å². The second-order valence-corrected chi connectivity index (χ2v) is 4.18. The van der Waals surface area contributed by atoms with Gasteiger partial charge in [-0.1, -0.05) is 17.7 Å². The van der Waals surface area contributed by atoms with Crippen LogP contribution in [0.3, 0.4) is 0 Å². The van der Waals surface area contributed by atoms with E-state index in [2.05, 4.69) is 6.07 Å². The van der Waals surface area contributed by atoms with Gasteiger partial charge in [0, 0.05) is 19.7 Å². The zero-order valence-corrected chi connectivity index (χ0v) is 10.3. The molecule has 0 bridgehead atoms. The maximum Gasteiger partial charge on any atom is 0.294 e. The molecule has 0 amide bonds. The average molecular weight is 254 g/mol. The van der Waals surface area contributed by atoms with E-state index in [1.165, 1.54) is 12.1 Å². The first-order valence-corrected chi connectivity index (χ1v) is 5.38. The van der Waals surface area contributed by atoms with Crippen molar-refractivity contribution in [1.82, 2.24) is 0 Å². The maximum atomic E-state index is 10.9. The highest BCUT2D eigenvalue weighted by Gasteiger charge is 2.21. The lowest BCUT2D eigenvalue weighted by molar-refractivity contribution is -0.384. The Bertz CT molecular complexity index is 470. The van der Waals surface area contributed by atoms with Crippen LogP contribution in [0, 0.1) is 27.4 Å². The van der Waals surface area contributed by atoms with Crippen LogP contribution in [0.4, 0.5) is 11.4 Å². The van der Waals surface area contributed by atoms with E-state index in [1.807, 2.05) is 0 Å². The summed E-state index contributed by atoms with van der Waals surface area (Å²) in [6, 6.07) is 6.60. The number of nitriles is 1. The number of nitro groups is 1. The molecule has 0 heterocycles. The van der Waals surface area contributed by atoms with E-state index in [0.29, 0.717) is 17.3 Å². The molecule has 1 rings (SSSR count). The summed E-state index contributed by atoms with van der Waals surface area (Å²) in [6.45, 7) is 2.14. The molecule has 0 saturated heterocycles. The minimum Gasteiger partial charge on any atom is -0.367 e. The van der Waals surface area contributed by atoms with Crippen molar-refractivity contribution in [1.29, 1.82) is 5.26 Å². The molecule has 1 unspecified atom stereocenters. The molecular weight excluding hydrogens is 242 g/mol. The van der Waals surface area contributed by atoms with E-state index >= 15 is 0 Å². The number of nitro benzene ring substituents is 1. The Labute approximate surface area is 104 Å². The fraction of sp³-hybridized carbons (Fsp3) is 0.364. The molecule has 17 heavy (non-hydrogen) atoms. The highest BCUT2D eigenvalue weighted by atomic mass is 35.5. The molecule has 6 heteroatoms. The molecule has 90 valence electrons. The van der Waals surface area contributed by atoms with Gasteiger partial charge in [0.1, 0.15) is 5.69 Å². The average Bonchev–Trinajstić information content (AvgIpc) is 2.28. The largest absolute Gasteiger partial charge is 0.367 e. The lowest BCUT2D eigenvalue weighted by Crippen LogP contribution is -2.24. The van der Waals surface area contributed by atoms with Crippen molar-refractivity contribution in [2.75, 3.05) is 18.5 Å². The summed E-state index contributed by atoms with van der Waals surface area (Å²) in [6.07, 6.45) is 0. The minimum atomic E-state index is -0.477. The molecule has 0 saturated carbocycles. The van der Waals surface area contributed by atoms with Gasteiger partial charge in [0.2, 0.25) is 0 Å². The van der Waals surface area contributed by atoms with Crippen molar-refractivity contribution in [3.63, 3.8) is 0 Å². The minimum absolute atomic E-state index is 0.0508. The van der Waals surface area contributed by atoms with Gasteiger partial charge in [-0.3, -0.25) is 10.1 Å². The van der Waals surface area contributed by atoms with E-state index in [4.69, 9.17) is 16.9 Å². The van der Waals surface area contributed by atoms with Crippen LogP contribution in [-0.2, 0) is 0 Å². The number of hydrogen-bond donors (Lipinski definition) is 0. The number of anilines is 1. The van der Waals surface area contributed by atoms with Gasteiger partial charge in [-0.2, -0.15) is 5.26 Å². The zero-order chi connectivity index (χ0) is 13.0. The molecule has 1 aromatic carbocycles. The molecule has 0 aliphatic rings. The fourth-order valence-electron chi connectivity index (χ4n) is 1.57. The standard InChI is InChI=1S/C11H12ClN3O2/c1-8(6-13)7-14(2)11-9(12)4-3-5-10(11)15(16)17/h3-5,8H,7H2,1-2H3. The molecule has 0 aliphatic carbocycles. The van der Waals surface area contributed by atoms with E-state index in [0.717, 1.165) is 0 Å². The number of halogens is 1. The Kier molecular flexibility index (Phi) is 4.30. The monoisotopic (exact) mass is 253 g/mol. The molecule has 0 fully saturated rings. The lowest BCUT2D eigenvalue weighted by atomic mass is 10.1. The van der Waals surface area contributed by atoms with Gasteiger partial charge in [0.15, 0.2) is 0 Å². The number of benzene rings is 1. The topological polar surface area (TPSA) is 70.2 Å². The normalized spacial score (nSPS) is 11.6. The van der Waals surface area contributed by atoms with Crippen LogP contribution < -0.4 is 4.90 Å². The molecule has 0 spiro atoms. The van der Waals surface area contributed by atoms with Gasteiger partial charge < -0.3 is 4.90 Å². The first-order valence-electron chi connectivity index (χ1n) is 5.01. The van der Waals surface area contributed by atoms with E-state index in [-0.39, 0.29) is 11.6 Å². The smallest absolute Gasteiger partial charge is 0.294 e. The Balaban J connectivity index is 3.12. The van der Waals surface area contributed by atoms with Gasteiger partial charge in [0.05, 0.1) is 21.9 Å². The quantitative estimate of drug-likeness (QED) is 0.611. The van der Waals surface area contributed by atoms with E-state index in [9.17, 15) is 10.1 Å². The van der Waals surface area contributed by atoms with Crippen molar-refractivity contribution in [3.8, 4) is 6.07 Å².